The summed E-state index contributed by atoms with van der Waals surface area (Å²) in [6.07, 6.45) is -0.481. The fourth-order valence-corrected chi connectivity index (χ4v) is 1.65. The molecular weight excluding hydrogens is 174 g/mol. The quantitative estimate of drug-likeness (QED) is 0.529. The number of carbonyl (C=O) groups excluding carboxylic acids is 1. The Morgan fingerprint density at radius 3 is 3.15 bits per heavy atom. The van der Waals surface area contributed by atoms with Crippen molar-refractivity contribution < 1.29 is 19.0 Å². The summed E-state index contributed by atoms with van der Waals surface area (Å²) in [6.45, 7) is 1.74. The van der Waals surface area contributed by atoms with Gasteiger partial charge >= 0.3 is 5.97 Å². The Balaban J connectivity index is 1.93. The van der Waals surface area contributed by atoms with Crippen LogP contribution >= 0.6 is 0 Å². The first-order valence-corrected chi connectivity index (χ1v) is 4.35. The molecule has 5 heteroatoms. The minimum Gasteiger partial charge on any atom is -0.467 e. The molecule has 3 atom stereocenters. The van der Waals surface area contributed by atoms with Crippen molar-refractivity contribution in [1.82, 2.24) is 5.32 Å². The Bertz CT molecular complexity index is 208. The lowest BCUT2D eigenvalue weighted by Gasteiger charge is -2.30. The van der Waals surface area contributed by atoms with Crippen LogP contribution in [0.5, 0.6) is 0 Å². The zero-order valence-electron chi connectivity index (χ0n) is 7.49. The lowest BCUT2D eigenvalue weighted by Crippen LogP contribution is -2.54. The van der Waals surface area contributed by atoms with E-state index in [0.29, 0.717) is 19.8 Å². The minimum absolute atomic E-state index is 0.00199. The smallest absolute Gasteiger partial charge is 0.336 e. The topological polar surface area (TPSA) is 56.8 Å². The molecule has 0 bridgehead atoms. The molecular formula is C8H13NO4. The van der Waals surface area contributed by atoms with Crippen molar-refractivity contribution >= 4 is 5.97 Å². The lowest BCUT2D eigenvalue weighted by molar-refractivity contribution is -0.161. The first kappa shape index (κ1) is 8.93. The summed E-state index contributed by atoms with van der Waals surface area (Å²) in [5.74, 6) is -0.321. The molecule has 13 heavy (non-hydrogen) atoms. The first-order chi connectivity index (χ1) is 6.31. The molecule has 2 fully saturated rings. The van der Waals surface area contributed by atoms with Crippen LogP contribution in [-0.2, 0) is 19.0 Å². The molecule has 2 saturated heterocycles. The predicted octanol–water partition coefficient (Wildman–Crippen LogP) is -1.08. The van der Waals surface area contributed by atoms with Crippen molar-refractivity contribution in [2.75, 3.05) is 26.9 Å². The summed E-state index contributed by atoms with van der Waals surface area (Å²) in [4.78, 5) is 11.1. The van der Waals surface area contributed by atoms with Crippen molar-refractivity contribution in [3.05, 3.63) is 0 Å². The number of fused-ring (bicyclic) bond motifs is 1. The second-order valence-electron chi connectivity index (χ2n) is 3.24. The summed E-state index contributed by atoms with van der Waals surface area (Å²) in [6, 6.07) is 0.237. The van der Waals surface area contributed by atoms with E-state index in [-0.39, 0.29) is 18.1 Å². The van der Waals surface area contributed by atoms with Gasteiger partial charge in [-0.05, 0) is 0 Å². The van der Waals surface area contributed by atoms with Gasteiger partial charge in [0.05, 0.1) is 32.5 Å². The molecule has 0 saturated carbocycles. The molecule has 0 aromatic rings. The molecule has 2 heterocycles. The van der Waals surface area contributed by atoms with Crippen LogP contribution in [-0.4, -0.2) is 51.1 Å². The van der Waals surface area contributed by atoms with Crippen molar-refractivity contribution in [3.8, 4) is 0 Å². The van der Waals surface area contributed by atoms with Gasteiger partial charge in [-0.15, -0.1) is 0 Å². The standard InChI is InChI=1S/C8H13NO4/c1-11-8(10)6-2-9-5-3-12-4-7(5)13-6/h5-7,9H,2-4H2,1H3. The third-order valence-corrected chi connectivity index (χ3v) is 2.40. The number of rotatable bonds is 1. The monoisotopic (exact) mass is 187 g/mol. The van der Waals surface area contributed by atoms with Crippen molar-refractivity contribution in [3.63, 3.8) is 0 Å². The van der Waals surface area contributed by atoms with Gasteiger partial charge in [0.15, 0.2) is 6.10 Å². The number of methoxy groups -OCH3 is 1. The largest absolute Gasteiger partial charge is 0.467 e. The van der Waals surface area contributed by atoms with Gasteiger partial charge in [-0.25, -0.2) is 4.79 Å². The molecule has 0 radical (unpaired) electrons. The zero-order chi connectivity index (χ0) is 9.26. The zero-order valence-corrected chi connectivity index (χ0v) is 7.49. The van der Waals surface area contributed by atoms with Crippen molar-refractivity contribution in [2.24, 2.45) is 0 Å². The van der Waals surface area contributed by atoms with Crippen molar-refractivity contribution in [2.45, 2.75) is 18.2 Å². The van der Waals surface area contributed by atoms with Gasteiger partial charge in [0.1, 0.15) is 0 Å². The molecule has 0 aliphatic carbocycles. The van der Waals surface area contributed by atoms with Crippen molar-refractivity contribution in [1.29, 1.82) is 0 Å². The molecule has 0 amide bonds. The van der Waals surface area contributed by atoms with Crippen LogP contribution in [0.25, 0.3) is 0 Å². The van der Waals surface area contributed by atoms with Crippen LogP contribution in [0.4, 0.5) is 0 Å². The summed E-state index contributed by atoms with van der Waals surface area (Å²) < 4.78 is 15.3. The van der Waals surface area contributed by atoms with E-state index in [1.54, 1.807) is 0 Å². The molecule has 2 aliphatic rings. The molecule has 2 aliphatic heterocycles. The van der Waals surface area contributed by atoms with Crippen LogP contribution in [0.3, 0.4) is 0 Å². The first-order valence-electron chi connectivity index (χ1n) is 4.35. The van der Waals surface area contributed by atoms with Crippen LogP contribution < -0.4 is 5.32 Å². The molecule has 1 N–H and O–H groups in total. The third kappa shape index (κ3) is 1.67. The van der Waals surface area contributed by atoms with E-state index in [0.717, 1.165) is 0 Å². The van der Waals surface area contributed by atoms with E-state index in [9.17, 15) is 4.79 Å². The van der Waals surface area contributed by atoms with E-state index >= 15 is 0 Å². The molecule has 74 valence electrons. The predicted molar refractivity (Wildman–Crippen MR) is 43.3 cm³/mol. The molecule has 3 unspecified atom stereocenters. The highest BCUT2D eigenvalue weighted by atomic mass is 16.6. The van der Waals surface area contributed by atoms with E-state index in [4.69, 9.17) is 9.47 Å². The van der Waals surface area contributed by atoms with Crippen LogP contribution in [0, 0.1) is 0 Å². The average molecular weight is 187 g/mol. The Morgan fingerprint density at radius 2 is 2.38 bits per heavy atom. The van der Waals surface area contributed by atoms with Gasteiger partial charge in [-0.2, -0.15) is 0 Å². The second kappa shape index (κ2) is 3.61. The highest BCUT2D eigenvalue weighted by Crippen LogP contribution is 2.16. The molecule has 0 aromatic carbocycles. The number of morpholine rings is 1. The lowest BCUT2D eigenvalue weighted by atomic mass is 10.1. The van der Waals surface area contributed by atoms with E-state index < -0.39 is 6.10 Å². The van der Waals surface area contributed by atoms with E-state index in [1.807, 2.05) is 0 Å². The number of carbonyl (C=O) groups is 1. The van der Waals surface area contributed by atoms with Gasteiger partial charge in [0.2, 0.25) is 0 Å². The Labute approximate surface area is 76.3 Å². The highest BCUT2D eigenvalue weighted by Gasteiger charge is 2.38. The van der Waals surface area contributed by atoms with Gasteiger partial charge < -0.3 is 19.5 Å². The molecule has 0 spiro atoms. The second-order valence-corrected chi connectivity index (χ2v) is 3.24. The molecule has 0 aromatic heterocycles. The van der Waals surface area contributed by atoms with Crippen LogP contribution in [0.1, 0.15) is 0 Å². The van der Waals surface area contributed by atoms with Crippen LogP contribution in [0.15, 0.2) is 0 Å². The summed E-state index contributed by atoms with van der Waals surface area (Å²) in [7, 11) is 1.36. The summed E-state index contributed by atoms with van der Waals surface area (Å²) in [5, 5.41) is 3.20. The number of hydrogen-bond acceptors (Lipinski definition) is 5. The van der Waals surface area contributed by atoms with Gasteiger partial charge in [-0.1, -0.05) is 0 Å². The fraction of sp³-hybridized carbons (Fsp3) is 0.875. The fourth-order valence-electron chi connectivity index (χ4n) is 1.65. The number of esters is 1. The SMILES string of the molecule is COC(=O)C1CNC2COCC2O1. The highest BCUT2D eigenvalue weighted by molar-refractivity contribution is 5.75. The van der Waals surface area contributed by atoms with E-state index in [2.05, 4.69) is 10.1 Å². The van der Waals surface area contributed by atoms with Gasteiger partial charge in [-0.3, -0.25) is 0 Å². The maximum atomic E-state index is 11.1. The third-order valence-electron chi connectivity index (χ3n) is 2.40. The molecule has 2 rings (SSSR count). The van der Waals surface area contributed by atoms with Gasteiger partial charge in [0.25, 0.3) is 0 Å². The summed E-state index contributed by atoms with van der Waals surface area (Å²) >= 11 is 0. The summed E-state index contributed by atoms with van der Waals surface area (Å²) in [5.41, 5.74) is 0. The number of nitrogens with one attached hydrogen (secondary N) is 1. The maximum Gasteiger partial charge on any atom is 0.336 e. The maximum absolute atomic E-state index is 11.1. The number of hydrogen-bond donors (Lipinski definition) is 1. The molecule has 5 nitrogen and oxygen atoms in total. The van der Waals surface area contributed by atoms with E-state index in [1.165, 1.54) is 7.11 Å². The Kier molecular flexibility index (Phi) is 2.48. The normalized spacial score (nSPS) is 38.4. The minimum atomic E-state index is -0.479. The Morgan fingerprint density at radius 1 is 1.54 bits per heavy atom. The van der Waals surface area contributed by atoms with Gasteiger partial charge in [0, 0.05) is 6.54 Å². The average Bonchev–Trinajstić information content (AvgIpc) is 2.63. The van der Waals surface area contributed by atoms with Crippen LogP contribution in [0.2, 0.25) is 0 Å². The number of ether oxygens (including phenoxy) is 3. The Hall–Kier alpha value is -0.650.